The van der Waals surface area contributed by atoms with Crippen molar-refractivity contribution in [2.75, 3.05) is 12.9 Å². The number of hydrogen-bond donors (Lipinski definition) is 1. The Labute approximate surface area is 107 Å². The monoisotopic (exact) mass is 304 g/mol. The predicted molar refractivity (Wildman–Crippen MR) is 67.4 cm³/mol. The molecule has 0 saturated carbocycles. The summed E-state index contributed by atoms with van der Waals surface area (Å²) in [5.41, 5.74) is 0.873. The van der Waals surface area contributed by atoms with Crippen LogP contribution in [-0.2, 0) is 16.1 Å². The summed E-state index contributed by atoms with van der Waals surface area (Å²) in [7, 11) is 1.38. The van der Waals surface area contributed by atoms with Crippen LogP contribution in [0.4, 0.5) is 0 Å². The molecular weight excluding hydrogens is 292 g/mol. The van der Waals surface area contributed by atoms with Crippen molar-refractivity contribution in [2.45, 2.75) is 17.9 Å². The molecule has 0 radical (unpaired) electrons. The third kappa shape index (κ3) is 4.15. The zero-order chi connectivity index (χ0) is 12.0. The van der Waals surface area contributed by atoms with Gasteiger partial charge in [0.2, 0.25) is 0 Å². The molecule has 0 aliphatic heterocycles. The van der Waals surface area contributed by atoms with Gasteiger partial charge >= 0.3 is 5.97 Å². The number of rotatable bonds is 5. The average Bonchev–Trinajstić information content (AvgIpc) is 2.29. The quantitative estimate of drug-likeness (QED) is 0.671. The standard InChI is InChI=1S/C11H13BrO3S/c1-15-11(14)4-5-16-10-6-9(12)3-2-8(10)7-13/h2-3,6,13H,4-5,7H2,1H3. The van der Waals surface area contributed by atoms with E-state index < -0.39 is 0 Å². The number of methoxy groups -OCH3 is 1. The maximum absolute atomic E-state index is 10.9. The fourth-order valence-corrected chi connectivity index (χ4v) is 2.67. The molecule has 1 rings (SSSR count). The lowest BCUT2D eigenvalue weighted by atomic mass is 10.2. The number of carbonyl (C=O) groups excluding carboxylic acids is 1. The van der Waals surface area contributed by atoms with Crippen LogP contribution in [-0.4, -0.2) is 23.9 Å². The van der Waals surface area contributed by atoms with Crippen LogP contribution in [0.15, 0.2) is 27.6 Å². The van der Waals surface area contributed by atoms with Crippen LogP contribution < -0.4 is 0 Å². The summed E-state index contributed by atoms with van der Waals surface area (Å²) in [6.07, 6.45) is 0.374. The van der Waals surface area contributed by atoms with Crippen molar-refractivity contribution >= 4 is 33.7 Å². The van der Waals surface area contributed by atoms with Gasteiger partial charge in [-0.1, -0.05) is 22.0 Å². The summed E-state index contributed by atoms with van der Waals surface area (Å²) in [5, 5.41) is 9.14. The normalized spacial score (nSPS) is 10.2. The van der Waals surface area contributed by atoms with E-state index in [2.05, 4.69) is 20.7 Å². The maximum atomic E-state index is 10.9. The largest absolute Gasteiger partial charge is 0.469 e. The minimum absolute atomic E-state index is 0.00778. The van der Waals surface area contributed by atoms with Gasteiger partial charge in [-0.2, -0.15) is 0 Å². The summed E-state index contributed by atoms with van der Waals surface area (Å²) in [5.74, 6) is 0.434. The van der Waals surface area contributed by atoms with E-state index >= 15 is 0 Å². The Morgan fingerprint density at radius 2 is 2.31 bits per heavy atom. The summed E-state index contributed by atoms with van der Waals surface area (Å²) in [6.45, 7) is 0.00778. The van der Waals surface area contributed by atoms with Gasteiger partial charge in [-0.3, -0.25) is 4.79 Å². The minimum atomic E-state index is -0.215. The molecule has 1 aromatic rings. The zero-order valence-electron chi connectivity index (χ0n) is 8.90. The van der Waals surface area contributed by atoms with Gasteiger partial charge in [-0.15, -0.1) is 11.8 Å². The second-order valence-electron chi connectivity index (χ2n) is 3.08. The molecule has 0 aliphatic carbocycles. The van der Waals surface area contributed by atoms with Gasteiger partial charge in [-0.25, -0.2) is 0 Å². The van der Waals surface area contributed by atoms with Gasteiger partial charge < -0.3 is 9.84 Å². The fourth-order valence-electron chi connectivity index (χ4n) is 1.14. The number of aliphatic hydroxyl groups excluding tert-OH is 1. The number of carbonyl (C=O) groups is 1. The van der Waals surface area contributed by atoms with E-state index in [0.717, 1.165) is 14.9 Å². The molecule has 0 aromatic heterocycles. The Bertz CT molecular complexity index is 368. The molecule has 0 heterocycles. The van der Waals surface area contributed by atoms with E-state index in [1.54, 1.807) is 0 Å². The van der Waals surface area contributed by atoms with Gasteiger partial charge in [-0.05, 0) is 17.7 Å². The molecule has 5 heteroatoms. The van der Waals surface area contributed by atoms with Crippen molar-refractivity contribution < 1.29 is 14.6 Å². The Hall–Kier alpha value is -0.520. The Kier molecular flexibility index (Phi) is 5.87. The first-order valence-corrected chi connectivity index (χ1v) is 6.54. The van der Waals surface area contributed by atoms with E-state index in [-0.39, 0.29) is 12.6 Å². The van der Waals surface area contributed by atoms with Crippen LogP contribution in [0.5, 0.6) is 0 Å². The Morgan fingerprint density at radius 3 is 2.94 bits per heavy atom. The summed E-state index contributed by atoms with van der Waals surface area (Å²) in [6, 6.07) is 5.69. The van der Waals surface area contributed by atoms with Crippen LogP contribution >= 0.6 is 27.7 Å². The van der Waals surface area contributed by atoms with Gasteiger partial charge in [0.05, 0.1) is 20.1 Å². The van der Waals surface area contributed by atoms with Crippen LogP contribution in [0, 0.1) is 0 Å². The lowest BCUT2D eigenvalue weighted by Gasteiger charge is -2.07. The van der Waals surface area contributed by atoms with Crippen LogP contribution in [0.1, 0.15) is 12.0 Å². The van der Waals surface area contributed by atoms with Gasteiger partial charge in [0, 0.05) is 15.1 Å². The molecule has 1 N–H and O–H groups in total. The van der Waals surface area contributed by atoms with Crippen LogP contribution in [0.3, 0.4) is 0 Å². The predicted octanol–water partition coefficient (Wildman–Crippen LogP) is 2.60. The van der Waals surface area contributed by atoms with Gasteiger partial charge in [0.15, 0.2) is 0 Å². The van der Waals surface area contributed by atoms with Crippen molar-refractivity contribution in [1.82, 2.24) is 0 Å². The van der Waals surface area contributed by atoms with Crippen molar-refractivity contribution in [3.8, 4) is 0 Å². The van der Waals surface area contributed by atoms with E-state index in [1.165, 1.54) is 18.9 Å². The molecule has 0 unspecified atom stereocenters. The molecule has 3 nitrogen and oxygen atoms in total. The summed E-state index contributed by atoms with van der Waals surface area (Å²) < 4.78 is 5.52. The second-order valence-corrected chi connectivity index (χ2v) is 5.14. The molecular formula is C11H13BrO3S. The highest BCUT2D eigenvalue weighted by Crippen LogP contribution is 2.27. The lowest BCUT2D eigenvalue weighted by Crippen LogP contribution is -2.01. The molecule has 0 atom stereocenters. The highest BCUT2D eigenvalue weighted by atomic mass is 79.9. The molecule has 1 aromatic carbocycles. The van der Waals surface area contributed by atoms with Crippen molar-refractivity contribution in [2.24, 2.45) is 0 Å². The molecule has 88 valence electrons. The zero-order valence-corrected chi connectivity index (χ0v) is 11.3. The summed E-state index contributed by atoms with van der Waals surface area (Å²) >= 11 is 4.91. The maximum Gasteiger partial charge on any atom is 0.306 e. The number of hydrogen-bond acceptors (Lipinski definition) is 4. The fraction of sp³-hybridized carbons (Fsp3) is 0.364. The highest BCUT2D eigenvalue weighted by molar-refractivity contribution is 9.10. The van der Waals surface area contributed by atoms with Crippen molar-refractivity contribution in [1.29, 1.82) is 0 Å². The molecule has 0 bridgehead atoms. The van der Waals surface area contributed by atoms with Crippen molar-refractivity contribution in [3.63, 3.8) is 0 Å². The van der Waals surface area contributed by atoms with E-state index in [0.29, 0.717) is 12.2 Å². The number of thioether (sulfide) groups is 1. The van der Waals surface area contributed by atoms with Crippen LogP contribution in [0.2, 0.25) is 0 Å². The molecule has 0 spiro atoms. The second kappa shape index (κ2) is 6.93. The minimum Gasteiger partial charge on any atom is -0.469 e. The third-order valence-electron chi connectivity index (χ3n) is 1.99. The summed E-state index contributed by atoms with van der Waals surface area (Å²) in [4.78, 5) is 11.9. The number of ether oxygens (including phenoxy) is 1. The smallest absolute Gasteiger partial charge is 0.306 e. The topological polar surface area (TPSA) is 46.5 Å². The third-order valence-corrected chi connectivity index (χ3v) is 3.58. The number of benzene rings is 1. The van der Waals surface area contributed by atoms with Crippen molar-refractivity contribution in [3.05, 3.63) is 28.2 Å². The Morgan fingerprint density at radius 1 is 1.56 bits per heavy atom. The molecule has 16 heavy (non-hydrogen) atoms. The molecule has 0 aliphatic rings. The first-order valence-electron chi connectivity index (χ1n) is 4.76. The first kappa shape index (κ1) is 13.5. The Balaban J connectivity index is 2.58. The lowest BCUT2D eigenvalue weighted by molar-refractivity contribution is -0.140. The molecule has 0 amide bonds. The molecule has 0 saturated heterocycles. The number of esters is 1. The van der Waals surface area contributed by atoms with Gasteiger partial charge in [0.25, 0.3) is 0 Å². The average molecular weight is 305 g/mol. The van der Waals surface area contributed by atoms with Gasteiger partial charge in [0.1, 0.15) is 0 Å². The van der Waals surface area contributed by atoms with E-state index in [9.17, 15) is 4.79 Å². The van der Waals surface area contributed by atoms with Crippen LogP contribution in [0.25, 0.3) is 0 Å². The first-order chi connectivity index (χ1) is 7.67. The van der Waals surface area contributed by atoms with E-state index in [1.807, 2.05) is 18.2 Å². The number of halogens is 1. The number of aliphatic hydroxyl groups is 1. The SMILES string of the molecule is COC(=O)CCSc1cc(Br)ccc1CO. The highest BCUT2D eigenvalue weighted by Gasteiger charge is 2.05. The van der Waals surface area contributed by atoms with E-state index in [4.69, 9.17) is 5.11 Å². The molecule has 0 fully saturated rings.